The molecule has 0 aliphatic heterocycles. The zero-order valence-corrected chi connectivity index (χ0v) is 16.6. The number of ether oxygens (including phenoxy) is 1. The molecule has 0 aliphatic rings. The first-order valence-electron chi connectivity index (χ1n) is 9.66. The van der Waals surface area contributed by atoms with Gasteiger partial charge in [0.15, 0.2) is 0 Å². The molecule has 0 saturated carbocycles. The summed E-state index contributed by atoms with van der Waals surface area (Å²) in [7, 11) is 0. The van der Waals surface area contributed by atoms with Gasteiger partial charge in [-0.3, -0.25) is 9.59 Å². The van der Waals surface area contributed by atoms with Crippen LogP contribution in [0.15, 0.2) is 0 Å². The highest BCUT2D eigenvalue weighted by molar-refractivity contribution is 5.76. The average molecular weight is 373 g/mol. The van der Waals surface area contributed by atoms with Crippen molar-refractivity contribution in [3.63, 3.8) is 0 Å². The molecule has 0 spiro atoms. The zero-order valence-electron chi connectivity index (χ0n) is 16.6. The number of nitrogens with one attached hydrogen (secondary N) is 2. The molecule has 0 radical (unpaired) electrons. The maximum Gasteiger partial charge on any atom is 0.407 e. The number of carbonyl (C=O) groups is 3. The lowest BCUT2D eigenvalue weighted by atomic mass is 10.1. The molecule has 152 valence electrons. The van der Waals surface area contributed by atoms with Crippen LogP contribution in [0.25, 0.3) is 0 Å². The minimum absolute atomic E-state index is 0.0699. The van der Waals surface area contributed by atoms with Gasteiger partial charge >= 0.3 is 12.1 Å². The molecule has 0 heterocycles. The third kappa shape index (κ3) is 18.5. The molecular formula is C19H36N2O5. The van der Waals surface area contributed by atoms with Crippen LogP contribution in [-0.2, 0) is 14.3 Å². The standard InChI is InChI=1S/C19H36N2O5/c1-19(2,3)26-18(25)21-15-13-16(22)20-14-11-9-7-5-4-6-8-10-12-17(23)24/h4-15H2,1-3H3,(H,20,22)(H,21,25)(H,23,24). The van der Waals surface area contributed by atoms with Crippen molar-refractivity contribution in [2.24, 2.45) is 0 Å². The summed E-state index contributed by atoms with van der Waals surface area (Å²) >= 11 is 0. The first kappa shape index (κ1) is 24.2. The minimum Gasteiger partial charge on any atom is -0.481 e. The number of carbonyl (C=O) groups excluding carboxylic acids is 2. The Morgan fingerprint density at radius 1 is 0.769 bits per heavy atom. The van der Waals surface area contributed by atoms with Gasteiger partial charge in [-0.1, -0.05) is 38.5 Å². The lowest BCUT2D eigenvalue weighted by molar-refractivity contribution is -0.137. The summed E-state index contributed by atoms with van der Waals surface area (Å²) in [6, 6.07) is 0. The van der Waals surface area contributed by atoms with E-state index in [0.29, 0.717) is 6.54 Å². The van der Waals surface area contributed by atoms with E-state index in [9.17, 15) is 14.4 Å². The van der Waals surface area contributed by atoms with E-state index in [1.54, 1.807) is 20.8 Å². The average Bonchev–Trinajstić information content (AvgIpc) is 2.50. The molecule has 7 nitrogen and oxygen atoms in total. The smallest absolute Gasteiger partial charge is 0.407 e. The molecule has 0 aromatic carbocycles. The van der Waals surface area contributed by atoms with Gasteiger partial charge in [0.05, 0.1) is 0 Å². The predicted octanol–water partition coefficient (Wildman–Crippen LogP) is 3.61. The molecule has 0 aliphatic carbocycles. The number of hydrogen-bond acceptors (Lipinski definition) is 4. The summed E-state index contributed by atoms with van der Waals surface area (Å²) in [6.07, 6.45) is 8.31. The van der Waals surface area contributed by atoms with Gasteiger partial charge in [-0.2, -0.15) is 0 Å². The Labute approximate surface area is 157 Å². The van der Waals surface area contributed by atoms with E-state index in [-0.39, 0.29) is 25.3 Å². The predicted molar refractivity (Wildman–Crippen MR) is 101 cm³/mol. The van der Waals surface area contributed by atoms with Gasteiger partial charge in [-0.25, -0.2) is 4.79 Å². The van der Waals surface area contributed by atoms with E-state index < -0.39 is 17.7 Å². The van der Waals surface area contributed by atoms with Gasteiger partial charge in [-0.05, 0) is 33.6 Å². The van der Waals surface area contributed by atoms with Crippen molar-refractivity contribution >= 4 is 18.0 Å². The number of aliphatic carboxylic acids is 1. The maximum absolute atomic E-state index is 11.6. The molecule has 0 bridgehead atoms. The first-order chi connectivity index (χ1) is 12.2. The molecular weight excluding hydrogens is 336 g/mol. The van der Waals surface area contributed by atoms with E-state index in [2.05, 4.69) is 10.6 Å². The molecule has 2 amide bonds. The Balaban J connectivity index is 3.36. The summed E-state index contributed by atoms with van der Waals surface area (Å²) < 4.78 is 5.09. The molecule has 0 aromatic heterocycles. The first-order valence-corrected chi connectivity index (χ1v) is 9.66. The SMILES string of the molecule is CC(C)(C)OC(=O)NCCC(=O)NCCCCCCCCCCC(=O)O. The highest BCUT2D eigenvalue weighted by atomic mass is 16.6. The Morgan fingerprint density at radius 2 is 1.31 bits per heavy atom. The molecule has 0 aromatic rings. The summed E-state index contributed by atoms with van der Waals surface area (Å²) in [5.41, 5.74) is -0.537. The summed E-state index contributed by atoms with van der Waals surface area (Å²) in [6.45, 7) is 6.29. The summed E-state index contributed by atoms with van der Waals surface area (Å²) in [4.78, 5) is 33.4. The van der Waals surface area contributed by atoms with Crippen LogP contribution in [0.3, 0.4) is 0 Å². The van der Waals surface area contributed by atoms with Gasteiger partial charge in [0.2, 0.25) is 5.91 Å². The van der Waals surface area contributed by atoms with Gasteiger partial charge < -0.3 is 20.5 Å². The van der Waals surface area contributed by atoms with E-state index in [4.69, 9.17) is 9.84 Å². The van der Waals surface area contributed by atoms with Gasteiger partial charge in [0.1, 0.15) is 5.60 Å². The number of carboxylic acid groups (broad SMARTS) is 1. The van der Waals surface area contributed by atoms with Crippen LogP contribution in [-0.4, -0.2) is 41.8 Å². The molecule has 0 saturated heterocycles. The molecule has 0 fully saturated rings. The molecule has 0 rings (SSSR count). The van der Waals surface area contributed by atoms with Crippen LogP contribution < -0.4 is 10.6 Å². The maximum atomic E-state index is 11.6. The quantitative estimate of drug-likeness (QED) is 0.404. The molecule has 26 heavy (non-hydrogen) atoms. The van der Waals surface area contributed by atoms with Crippen LogP contribution in [0.5, 0.6) is 0 Å². The Kier molecular flexibility index (Phi) is 13.4. The number of rotatable bonds is 14. The van der Waals surface area contributed by atoms with E-state index in [1.165, 1.54) is 0 Å². The Bertz CT molecular complexity index is 419. The number of alkyl carbamates (subject to hydrolysis) is 1. The van der Waals surface area contributed by atoms with E-state index >= 15 is 0 Å². The normalized spacial score (nSPS) is 11.0. The van der Waals surface area contributed by atoms with Crippen molar-refractivity contribution in [2.45, 2.75) is 90.6 Å². The molecule has 0 unspecified atom stereocenters. The van der Waals surface area contributed by atoms with Crippen LogP contribution in [0.2, 0.25) is 0 Å². The lowest BCUT2D eigenvalue weighted by Crippen LogP contribution is -2.35. The number of carboxylic acids is 1. The second-order valence-corrected chi connectivity index (χ2v) is 7.50. The topological polar surface area (TPSA) is 105 Å². The minimum atomic E-state index is -0.715. The highest BCUT2D eigenvalue weighted by Crippen LogP contribution is 2.09. The largest absolute Gasteiger partial charge is 0.481 e. The lowest BCUT2D eigenvalue weighted by Gasteiger charge is -2.19. The highest BCUT2D eigenvalue weighted by Gasteiger charge is 2.15. The van der Waals surface area contributed by atoms with Crippen LogP contribution >= 0.6 is 0 Å². The fourth-order valence-electron chi connectivity index (χ4n) is 2.37. The third-order valence-electron chi connectivity index (χ3n) is 3.66. The molecule has 7 heteroatoms. The van der Waals surface area contributed by atoms with Crippen molar-refractivity contribution < 1.29 is 24.2 Å². The van der Waals surface area contributed by atoms with Gasteiger partial charge in [0, 0.05) is 25.9 Å². The van der Waals surface area contributed by atoms with Gasteiger partial charge in [-0.15, -0.1) is 0 Å². The third-order valence-corrected chi connectivity index (χ3v) is 3.66. The second kappa shape index (κ2) is 14.4. The van der Waals surface area contributed by atoms with Crippen molar-refractivity contribution in [1.29, 1.82) is 0 Å². The monoisotopic (exact) mass is 372 g/mol. The number of amides is 2. The Hall–Kier alpha value is -1.79. The molecule has 0 atom stereocenters. The zero-order chi connectivity index (χ0) is 19.8. The Morgan fingerprint density at radius 3 is 1.85 bits per heavy atom. The fraction of sp³-hybridized carbons (Fsp3) is 0.842. The van der Waals surface area contributed by atoms with Crippen molar-refractivity contribution in [1.82, 2.24) is 10.6 Å². The van der Waals surface area contributed by atoms with Gasteiger partial charge in [0.25, 0.3) is 0 Å². The van der Waals surface area contributed by atoms with Crippen molar-refractivity contribution in [3.8, 4) is 0 Å². The van der Waals surface area contributed by atoms with Crippen LogP contribution in [0.4, 0.5) is 4.79 Å². The number of unbranched alkanes of at least 4 members (excludes halogenated alkanes) is 7. The molecule has 3 N–H and O–H groups in total. The summed E-state index contributed by atoms with van der Waals surface area (Å²) in [5.74, 6) is -0.785. The summed E-state index contributed by atoms with van der Waals surface area (Å²) in [5, 5.41) is 13.9. The van der Waals surface area contributed by atoms with Crippen LogP contribution in [0.1, 0.15) is 85.0 Å². The number of hydrogen-bond donors (Lipinski definition) is 3. The van der Waals surface area contributed by atoms with Crippen molar-refractivity contribution in [3.05, 3.63) is 0 Å². The van der Waals surface area contributed by atoms with E-state index in [1.807, 2.05) is 0 Å². The van der Waals surface area contributed by atoms with Crippen molar-refractivity contribution in [2.75, 3.05) is 13.1 Å². The van der Waals surface area contributed by atoms with E-state index in [0.717, 1.165) is 51.4 Å². The second-order valence-electron chi connectivity index (χ2n) is 7.50. The fourth-order valence-corrected chi connectivity index (χ4v) is 2.37. The van der Waals surface area contributed by atoms with Crippen LogP contribution in [0, 0.1) is 0 Å².